The van der Waals surface area contributed by atoms with Gasteiger partial charge >= 0.3 is 0 Å². The molecule has 0 unspecified atom stereocenters. The van der Waals surface area contributed by atoms with Crippen molar-refractivity contribution >= 4 is 11.0 Å². The van der Waals surface area contributed by atoms with Crippen LogP contribution in [0.5, 0.6) is 5.75 Å². The third kappa shape index (κ3) is 1.63. The summed E-state index contributed by atoms with van der Waals surface area (Å²) in [4.78, 5) is 11.8. The number of methoxy groups -OCH3 is 1. The van der Waals surface area contributed by atoms with E-state index in [1.165, 1.54) is 0 Å². The van der Waals surface area contributed by atoms with Crippen molar-refractivity contribution < 1.29 is 4.74 Å². The van der Waals surface area contributed by atoms with Crippen molar-refractivity contribution in [2.75, 3.05) is 7.11 Å². The Hall–Kier alpha value is -2.36. The largest absolute Gasteiger partial charge is 0.495 e. The average Bonchev–Trinajstić information content (AvgIpc) is 2.83. The van der Waals surface area contributed by atoms with Crippen molar-refractivity contribution in [1.29, 1.82) is 0 Å². The summed E-state index contributed by atoms with van der Waals surface area (Å²) in [5.41, 5.74) is 2.83. The van der Waals surface area contributed by atoms with Gasteiger partial charge in [0.1, 0.15) is 11.4 Å². The van der Waals surface area contributed by atoms with Gasteiger partial charge in [-0.3, -0.25) is 4.98 Å². The van der Waals surface area contributed by atoms with Crippen LogP contribution in [0.4, 0.5) is 0 Å². The average molecular weight is 225 g/mol. The lowest BCUT2D eigenvalue weighted by atomic mass is 10.1. The molecule has 0 amide bonds. The molecule has 3 heterocycles. The zero-order chi connectivity index (χ0) is 11.7. The lowest BCUT2D eigenvalue weighted by Gasteiger charge is -2.01. The summed E-state index contributed by atoms with van der Waals surface area (Å²) in [6.07, 6.45) is 5.40. The molecule has 17 heavy (non-hydrogen) atoms. The maximum absolute atomic E-state index is 5.09. The van der Waals surface area contributed by atoms with Gasteiger partial charge in [-0.05, 0) is 24.3 Å². The number of pyridine rings is 2. The van der Waals surface area contributed by atoms with Gasteiger partial charge in [-0.15, -0.1) is 0 Å². The molecule has 0 fully saturated rings. The zero-order valence-corrected chi connectivity index (χ0v) is 9.34. The first-order valence-corrected chi connectivity index (χ1v) is 5.31. The fourth-order valence-electron chi connectivity index (χ4n) is 1.83. The number of aromatic nitrogens is 3. The summed E-state index contributed by atoms with van der Waals surface area (Å²) in [6.45, 7) is 0. The van der Waals surface area contributed by atoms with E-state index < -0.39 is 0 Å². The molecule has 0 saturated heterocycles. The van der Waals surface area contributed by atoms with E-state index in [1.54, 1.807) is 19.5 Å². The van der Waals surface area contributed by atoms with Crippen LogP contribution in [0.1, 0.15) is 0 Å². The molecule has 3 rings (SSSR count). The van der Waals surface area contributed by atoms with Crippen LogP contribution in [0.2, 0.25) is 0 Å². The van der Waals surface area contributed by atoms with Crippen molar-refractivity contribution in [3.63, 3.8) is 0 Å². The maximum atomic E-state index is 5.09. The third-order valence-corrected chi connectivity index (χ3v) is 2.70. The summed E-state index contributed by atoms with van der Waals surface area (Å²) < 4.78 is 5.09. The van der Waals surface area contributed by atoms with Crippen LogP contribution in [0.25, 0.3) is 22.3 Å². The van der Waals surface area contributed by atoms with Crippen molar-refractivity contribution in [3.05, 3.63) is 42.9 Å². The molecule has 0 aliphatic heterocycles. The molecule has 3 aromatic rings. The number of ether oxygens (including phenoxy) is 1. The second-order valence-corrected chi connectivity index (χ2v) is 3.69. The van der Waals surface area contributed by atoms with Crippen molar-refractivity contribution in [2.45, 2.75) is 0 Å². The van der Waals surface area contributed by atoms with Gasteiger partial charge in [0.05, 0.1) is 19.0 Å². The van der Waals surface area contributed by atoms with E-state index in [0.29, 0.717) is 0 Å². The van der Waals surface area contributed by atoms with E-state index in [1.807, 2.05) is 30.5 Å². The smallest absolute Gasteiger partial charge is 0.137 e. The molecule has 0 spiro atoms. The fourth-order valence-corrected chi connectivity index (χ4v) is 1.83. The van der Waals surface area contributed by atoms with E-state index in [4.69, 9.17) is 4.74 Å². The number of nitrogens with zero attached hydrogens (tertiary/aromatic N) is 2. The molecule has 4 heteroatoms. The van der Waals surface area contributed by atoms with Crippen LogP contribution in [0.3, 0.4) is 0 Å². The first-order chi connectivity index (χ1) is 8.38. The maximum Gasteiger partial charge on any atom is 0.137 e. The molecule has 0 aliphatic rings. The topological polar surface area (TPSA) is 50.8 Å². The molecule has 0 radical (unpaired) electrons. The number of hydrogen-bond acceptors (Lipinski definition) is 3. The molecule has 3 aromatic heterocycles. The summed E-state index contributed by atoms with van der Waals surface area (Å²) in [6, 6.07) is 7.79. The number of rotatable bonds is 2. The van der Waals surface area contributed by atoms with Gasteiger partial charge in [0.25, 0.3) is 0 Å². The number of fused-ring (bicyclic) bond motifs is 1. The number of H-pyrrole nitrogens is 1. The van der Waals surface area contributed by atoms with Gasteiger partial charge in [-0.25, -0.2) is 4.98 Å². The lowest BCUT2D eigenvalue weighted by Crippen LogP contribution is -1.86. The second-order valence-electron chi connectivity index (χ2n) is 3.69. The Labute approximate surface area is 98.3 Å². The van der Waals surface area contributed by atoms with Gasteiger partial charge in [-0.2, -0.15) is 0 Å². The minimum absolute atomic E-state index is 0.756. The minimum Gasteiger partial charge on any atom is -0.495 e. The van der Waals surface area contributed by atoms with Crippen LogP contribution in [-0.4, -0.2) is 22.1 Å². The summed E-state index contributed by atoms with van der Waals surface area (Å²) in [5.74, 6) is 0.756. The Morgan fingerprint density at radius 3 is 2.88 bits per heavy atom. The van der Waals surface area contributed by atoms with Crippen molar-refractivity contribution in [1.82, 2.24) is 15.0 Å². The van der Waals surface area contributed by atoms with E-state index >= 15 is 0 Å². The molecule has 0 aromatic carbocycles. The van der Waals surface area contributed by atoms with Gasteiger partial charge in [0.2, 0.25) is 0 Å². The third-order valence-electron chi connectivity index (χ3n) is 2.70. The Morgan fingerprint density at radius 1 is 1.18 bits per heavy atom. The highest BCUT2D eigenvalue weighted by molar-refractivity contribution is 5.92. The SMILES string of the molecule is COc1ccc(-c2c[nH]c3ncccc23)nc1. The Kier molecular flexibility index (Phi) is 2.26. The lowest BCUT2D eigenvalue weighted by molar-refractivity contribution is 0.413. The summed E-state index contributed by atoms with van der Waals surface area (Å²) in [5, 5.41) is 1.07. The monoisotopic (exact) mass is 225 g/mol. The van der Waals surface area contributed by atoms with Crippen LogP contribution in [0.15, 0.2) is 42.9 Å². The molecule has 0 bridgehead atoms. The first kappa shape index (κ1) is 9.84. The van der Waals surface area contributed by atoms with E-state index in [2.05, 4.69) is 15.0 Å². The Morgan fingerprint density at radius 2 is 2.12 bits per heavy atom. The highest BCUT2D eigenvalue weighted by Gasteiger charge is 2.07. The number of hydrogen-bond donors (Lipinski definition) is 1. The highest BCUT2D eigenvalue weighted by Crippen LogP contribution is 2.26. The van der Waals surface area contributed by atoms with Gasteiger partial charge in [0.15, 0.2) is 0 Å². The van der Waals surface area contributed by atoms with Gasteiger partial charge in [0, 0.05) is 23.3 Å². The molecule has 1 N–H and O–H groups in total. The Bertz CT molecular complexity index is 643. The van der Waals surface area contributed by atoms with E-state index in [-0.39, 0.29) is 0 Å². The molecule has 0 saturated carbocycles. The van der Waals surface area contributed by atoms with Crippen LogP contribution in [0, 0.1) is 0 Å². The molecular weight excluding hydrogens is 214 g/mol. The molecule has 0 atom stereocenters. The van der Waals surface area contributed by atoms with Gasteiger partial charge < -0.3 is 9.72 Å². The van der Waals surface area contributed by atoms with E-state index in [9.17, 15) is 0 Å². The summed E-state index contributed by atoms with van der Waals surface area (Å²) in [7, 11) is 1.63. The van der Waals surface area contributed by atoms with Crippen LogP contribution >= 0.6 is 0 Å². The van der Waals surface area contributed by atoms with Crippen LogP contribution < -0.4 is 4.74 Å². The number of nitrogens with one attached hydrogen (secondary N) is 1. The predicted octanol–water partition coefficient (Wildman–Crippen LogP) is 2.63. The number of aromatic amines is 1. The van der Waals surface area contributed by atoms with Crippen molar-refractivity contribution in [3.8, 4) is 17.0 Å². The minimum atomic E-state index is 0.756. The Balaban J connectivity index is 2.13. The molecule has 0 aliphatic carbocycles. The molecule has 84 valence electrons. The van der Waals surface area contributed by atoms with Crippen molar-refractivity contribution in [2.24, 2.45) is 0 Å². The van der Waals surface area contributed by atoms with Gasteiger partial charge in [-0.1, -0.05) is 0 Å². The highest BCUT2D eigenvalue weighted by atomic mass is 16.5. The predicted molar refractivity (Wildman–Crippen MR) is 65.9 cm³/mol. The van der Waals surface area contributed by atoms with Crippen LogP contribution in [-0.2, 0) is 0 Å². The standard InChI is InChI=1S/C13H11N3O/c1-17-9-4-5-12(15-7-9)11-8-16-13-10(11)3-2-6-14-13/h2-8H,1H3,(H,14,16). The van der Waals surface area contributed by atoms with E-state index in [0.717, 1.165) is 28.0 Å². The summed E-state index contributed by atoms with van der Waals surface area (Å²) >= 11 is 0. The zero-order valence-electron chi connectivity index (χ0n) is 9.34. The quantitative estimate of drug-likeness (QED) is 0.729. The fraction of sp³-hybridized carbons (Fsp3) is 0.0769. The second kappa shape index (κ2) is 3.90. The molecule has 4 nitrogen and oxygen atoms in total. The normalized spacial score (nSPS) is 10.6. The first-order valence-electron chi connectivity index (χ1n) is 5.31. The molecular formula is C13H11N3O.